The molecule has 0 bridgehead atoms. The van der Waals surface area contributed by atoms with E-state index in [0.717, 1.165) is 40.2 Å². The van der Waals surface area contributed by atoms with Gasteiger partial charge in [0, 0.05) is 17.0 Å². The fourth-order valence-electron chi connectivity index (χ4n) is 3.74. The van der Waals surface area contributed by atoms with Crippen molar-refractivity contribution in [2.24, 2.45) is 16.9 Å². The van der Waals surface area contributed by atoms with Crippen molar-refractivity contribution in [3.63, 3.8) is 0 Å². The van der Waals surface area contributed by atoms with E-state index in [1.165, 1.54) is 11.3 Å². The topological polar surface area (TPSA) is 59.3 Å². The van der Waals surface area contributed by atoms with Crippen LogP contribution in [0.3, 0.4) is 0 Å². The average Bonchev–Trinajstić information content (AvgIpc) is 3.31. The average molecular weight is 362 g/mol. The summed E-state index contributed by atoms with van der Waals surface area (Å²) in [6.45, 7) is 1.97. The molecule has 6 heteroatoms. The van der Waals surface area contributed by atoms with E-state index in [1.807, 2.05) is 48.0 Å². The Bertz CT molecular complexity index is 1060. The molecule has 0 saturated heterocycles. The Kier molecular flexibility index (Phi) is 3.53. The van der Waals surface area contributed by atoms with Gasteiger partial charge in [0.25, 0.3) is 5.91 Å². The van der Waals surface area contributed by atoms with Crippen LogP contribution < -0.4 is 5.43 Å². The number of hydrogen-bond acceptors (Lipinski definition) is 4. The number of hydrogen-bond donors (Lipinski definition) is 1. The molecule has 2 aromatic heterocycles. The number of allylic oxidation sites excluding steroid dienone is 2. The molecule has 5 rings (SSSR count). The molecular weight excluding hydrogens is 344 g/mol. The maximum absolute atomic E-state index is 12.6. The zero-order valence-electron chi connectivity index (χ0n) is 14.3. The second-order valence-electron chi connectivity index (χ2n) is 6.86. The van der Waals surface area contributed by atoms with Crippen LogP contribution in [0.4, 0.5) is 0 Å². The summed E-state index contributed by atoms with van der Waals surface area (Å²) in [6, 6.07) is 11.9. The van der Waals surface area contributed by atoms with Gasteiger partial charge in [-0.2, -0.15) is 10.2 Å². The molecule has 1 aromatic carbocycles. The van der Waals surface area contributed by atoms with E-state index >= 15 is 0 Å². The van der Waals surface area contributed by atoms with E-state index in [0.29, 0.717) is 16.7 Å². The number of benzene rings is 1. The van der Waals surface area contributed by atoms with Crippen molar-refractivity contribution in [2.45, 2.75) is 19.8 Å². The van der Waals surface area contributed by atoms with Crippen LogP contribution in [0.25, 0.3) is 15.9 Å². The van der Waals surface area contributed by atoms with E-state index in [9.17, 15) is 4.79 Å². The third kappa shape index (κ3) is 2.41. The van der Waals surface area contributed by atoms with Gasteiger partial charge in [0.05, 0.1) is 16.3 Å². The second-order valence-corrected chi connectivity index (χ2v) is 7.89. The number of fused-ring (bicyclic) bond motifs is 2. The van der Waals surface area contributed by atoms with Crippen LogP contribution in [-0.2, 0) is 0 Å². The van der Waals surface area contributed by atoms with E-state index in [2.05, 4.69) is 27.8 Å². The van der Waals surface area contributed by atoms with Crippen molar-refractivity contribution >= 4 is 33.2 Å². The minimum atomic E-state index is -0.150. The van der Waals surface area contributed by atoms with Gasteiger partial charge < -0.3 is 0 Å². The molecule has 0 radical (unpaired) electrons. The molecule has 1 N–H and O–H groups in total. The van der Waals surface area contributed by atoms with Crippen molar-refractivity contribution < 1.29 is 4.79 Å². The molecule has 0 spiro atoms. The Morgan fingerprint density at radius 3 is 3.00 bits per heavy atom. The largest absolute Gasteiger partial charge is 0.281 e. The van der Waals surface area contributed by atoms with Gasteiger partial charge in [-0.25, -0.2) is 10.1 Å². The highest BCUT2D eigenvalue weighted by Crippen LogP contribution is 2.40. The highest BCUT2D eigenvalue weighted by atomic mass is 32.1. The van der Waals surface area contributed by atoms with Crippen molar-refractivity contribution in [2.75, 3.05) is 0 Å². The molecule has 2 atom stereocenters. The van der Waals surface area contributed by atoms with Crippen LogP contribution in [0.1, 0.15) is 28.2 Å². The first-order valence-corrected chi connectivity index (χ1v) is 9.60. The number of rotatable bonds is 3. The van der Waals surface area contributed by atoms with Gasteiger partial charge in [0.1, 0.15) is 4.83 Å². The van der Waals surface area contributed by atoms with Gasteiger partial charge >= 0.3 is 0 Å². The summed E-state index contributed by atoms with van der Waals surface area (Å²) in [4.78, 5) is 14.2. The molecular formula is C20H18N4OS. The monoisotopic (exact) mass is 362 g/mol. The van der Waals surface area contributed by atoms with Gasteiger partial charge in [-0.3, -0.25) is 4.79 Å². The number of carbonyl (C=O) groups is 1. The molecule has 2 aliphatic carbocycles. The Morgan fingerprint density at radius 2 is 2.19 bits per heavy atom. The third-order valence-corrected chi connectivity index (χ3v) is 6.33. The molecule has 0 unspecified atom stereocenters. The van der Waals surface area contributed by atoms with E-state index in [1.54, 1.807) is 0 Å². The summed E-state index contributed by atoms with van der Waals surface area (Å²) < 4.78 is 1.90. The Labute approximate surface area is 155 Å². The van der Waals surface area contributed by atoms with E-state index < -0.39 is 0 Å². The van der Waals surface area contributed by atoms with Crippen LogP contribution in [0.2, 0.25) is 0 Å². The number of aryl methyl sites for hydroxylation is 1. The lowest BCUT2D eigenvalue weighted by Crippen LogP contribution is -2.35. The van der Waals surface area contributed by atoms with Crippen molar-refractivity contribution in [1.82, 2.24) is 15.2 Å². The maximum Gasteiger partial charge on any atom is 0.281 e. The minimum Gasteiger partial charge on any atom is -0.266 e. The number of nitrogens with zero attached hydrogens (tertiary/aromatic N) is 3. The van der Waals surface area contributed by atoms with Crippen molar-refractivity contribution in [1.29, 1.82) is 0 Å². The van der Waals surface area contributed by atoms with E-state index in [-0.39, 0.29) is 5.91 Å². The van der Waals surface area contributed by atoms with Gasteiger partial charge in [-0.05, 0) is 43.9 Å². The predicted octanol–water partition coefficient (Wildman–Crippen LogP) is 4.08. The number of amides is 1. The summed E-state index contributed by atoms with van der Waals surface area (Å²) in [7, 11) is 0. The molecule has 0 aliphatic heterocycles. The zero-order valence-corrected chi connectivity index (χ0v) is 15.2. The normalized spacial score (nSPS) is 22.6. The number of nitrogens with one attached hydrogen (secondary N) is 1. The molecule has 1 fully saturated rings. The third-order valence-electron chi connectivity index (χ3n) is 5.22. The van der Waals surface area contributed by atoms with Gasteiger partial charge in [0.15, 0.2) is 0 Å². The van der Waals surface area contributed by atoms with Gasteiger partial charge in [0.2, 0.25) is 0 Å². The summed E-state index contributed by atoms with van der Waals surface area (Å²) in [5.74, 6) is 0.990. The predicted molar refractivity (Wildman–Crippen MR) is 104 cm³/mol. The fraction of sp³-hybridized carbons (Fsp3) is 0.250. The van der Waals surface area contributed by atoms with Crippen molar-refractivity contribution in [3.05, 3.63) is 59.1 Å². The Morgan fingerprint density at radius 1 is 1.35 bits per heavy atom. The smallest absolute Gasteiger partial charge is 0.266 e. The van der Waals surface area contributed by atoms with Gasteiger partial charge in [-0.1, -0.05) is 30.4 Å². The first kappa shape index (κ1) is 15.5. The zero-order chi connectivity index (χ0) is 17.7. The molecule has 2 heterocycles. The minimum absolute atomic E-state index is 0.150. The van der Waals surface area contributed by atoms with Gasteiger partial charge in [-0.15, -0.1) is 11.3 Å². The molecule has 26 heavy (non-hydrogen) atoms. The SMILES string of the molecule is Cc1nn(-c2ccccc2)c2sc(C(=O)N/N=C3/C[C@H]4CC=C[C@H]34)cc12. The number of carbonyl (C=O) groups excluding carboxylic acids is 1. The number of aromatic nitrogens is 2. The van der Waals surface area contributed by atoms with Crippen LogP contribution in [-0.4, -0.2) is 21.4 Å². The standard InChI is InChI=1S/C20H18N4OS/c1-12-16-11-18(19(25)22-21-17-10-13-6-5-9-15(13)17)26-20(16)24(23-12)14-7-3-2-4-8-14/h2-5,7-9,11,13,15H,6,10H2,1H3,(H,22,25)/b21-17-/t13-,15+/m1/s1. The van der Waals surface area contributed by atoms with E-state index in [4.69, 9.17) is 0 Å². The molecule has 1 amide bonds. The number of hydrazone groups is 1. The Hall–Kier alpha value is -2.73. The summed E-state index contributed by atoms with van der Waals surface area (Å²) in [6.07, 6.45) is 6.55. The summed E-state index contributed by atoms with van der Waals surface area (Å²) in [5, 5.41) is 9.98. The van der Waals surface area contributed by atoms with Crippen molar-refractivity contribution in [3.8, 4) is 5.69 Å². The summed E-state index contributed by atoms with van der Waals surface area (Å²) in [5.41, 5.74) is 5.74. The highest BCUT2D eigenvalue weighted by molar-refractivity contribution is 7.20. The lowest BCUT2D eigenvalue weighted by molar-refractivity contribution is 0.0958. The lowest BCUT2D eigenvalue weighted by Gasteiger charge is -2.31. The molecule has 2 aliphatic rings. The van der Waals surface area contributed by atoms with Crippen LogP contribution >= 0.6 is 11.3 Å². The first-order chi connectivity index (χ1) is 12.7. The molecule has 130 valence electrons. The summed E-state index contributed by atoms with van der Waals surface area (Å²) >= 11 is 1.45. The second kappa shape index (κ2) is 5.92. The first-order valence-electron chi connectivity index (χ1n) is 8.79. The molecule has 5 nitrogen and oxygen atoms in total. The molecule has 3 aromatic rings. The highest BCUT2D eigenvalue weighted by Gasteiger charge is 2.38. The van der Waals surface area contributed by atoms with Crippen LogP contribution in [0, 0.1) is 18.8 Å². The molecule has 1 saturated carbocycles. The lowest BCUT2D eigenvalue weighted by atomic mass is 9.74. The van der Waals surface area contributed by atoms with Crippen LogP contribution in [0.15, 0.2) is 53.7 Å². The number of thiophene rings is 1. The maximum atomic E-state index is 12.6. The Balaban J connectivity index is 1.42. The van der Waals surface area contributed by atoms with Crippen LogP contribution in [0.5, 0.6) is 0 Å². The quantitative estimate of drug-likeness (QED) is 0.564. The fourth-order valence-corrected chi connectivity index (χ4v) is 4.82. The number of para-hydroxylation sites is 1.